The third kappa shape index (κ3) is 5.20. The van der Waals surface area contributed by atoms with Gasteiger partial charge in [0.05, 0.1) is 6.54 Å². The largest absolute Gasteiger partial charge is 0.480 e. The Balaban J connectivity index is 1.77. The average Bonchev–Trinajstić information content (AvgIpc) is 3.14. The second-order valence-corrected chi connectivity index (χ2v) is 5.99. The lowest BCUT2D eigenvalue weighted by atomic mass is 10.3. The average molecular weight is 283 g/mol. The van der Waals surface area contributed by atoms with Gasteiger partial charge in [0.1, 0.15) is 5.82 Å². The molecule has 0 bridgehead atoms. The van der Waals surface area contributed by atoms with E-state index in [1.165, 1.54) is 30.7 Å². The first-order valence-corrected chi connectivity index (χ1v) is 7.45. The monoisotopic (exact) mass is 283 g/mol. The Morgan fingerprint density at radius 1 is 1.42 bits per heavy atom. The van der Waals surface area contributed by atoms with Gasteiger partial charge in [0.25, 0.3) is 0 Å². The molecule has 0 saturated heterocycles. The van der Waals surface area contributed by atoms with E-state index < -0.39 is 5.97 Å². The van der Waals surface area contributed by atoms with E-state index in [0.29, 0.717) is 23.1 Å². The van der Waals surface area contributed by atoms with Crippen LogP contribution in [0.2, 0.25) is 0 Å². The van der Waals surface area contributed by atoms with Crippen molar-refractivity contribution in [2.24, 2.45) is 5.92 Å². The molecule has 104 valence electrons. The van der Waals surface area contributed by atoms with Crippen LogP contribution in [0.25, 0.3) is 0 Å². The molecule has 1 aromatic carbocycles. The topological polar surface area (TPSA) is 40.5 Å². The van der Waals surface area contributed by atoms with Gasteiger partial charge in [-0.2, -0.15) is 0 Å². The molecule has 1 aromatic rings. The Hall–Kier alpha value is -1.07. The van der Waals surface area contributed by atoms with Gasteiger partial charge in [-0.15, -0.1) is 11.8 Å². The third-order valence-electron chi connectivity index (χ3n) is 3.07. The summed E-state index contributed by atoms with van der Waals surface area (Å²) in [7, 11) is 0. The summed E-state index contributed by atoms with van der Waals surface area (Å²) in [6.45, 7) is 1.61. The van der Waals surface area contributed by atoms with Crippen LogP contribution in [0, 0.1) is 11.7 Å². The van der Waals surface area contributed by atoms with Crippen LogP contribution in [0.1, 0.15) is 12.8 Å². The number of carbonyl (C=O) groups is 1. The Morgan fingerprint density at radius 3 is 2.79 bits per heavy atom. The van der Waals surface area contributed by atoms with Gasteiger partial charge in [-0.3, -0.25) is 9.69 Å². The molecule has 1 aliphatic rings. The van der Waals surface area contributed by atoms with Crippen LogP contribution in [0.3, 0.4) is 0 Å². The van der Waals surface area contributed by atoms with Crippen LogP contribution < -0.4 is 0 Å². The van der Waals surface area contributed by atoms with Gasteiger partial charge in [-0.1, -0.05) is 12.1 Å². The highest BCUT2D eigenvalue weighted by Gasteiger charge is 2.25. The summed E-state index contributed by atoms with van der Waals surface area (Å²) in [5, 5.41) is 8.87. The van der Waals surface area contributed by atoms with E-state index in [1.807, 2.05) is 11.0 Å². The third-order valence-corrected chi connectivity index (χ3v) is 4.10. The summed E-state index contributed by atoms with van der Waals surface area (Å²) < 4.78 is 13.4. The van der Waals surface area contributed by atoms with Crippen molar-refractivity contribution >= 4 is 17.7 Å². The molecule has 1 fully saturated rings. The molecular weight excluding hydrogens is 265 g/mol. The quantitative estimate of drug-likeness (QED) is 0.745. The maximum atomic E-state index is 13.4. The molecule has 0 aromatic heterocycles. The maximum absolute atomic E-state index is 13.4. The molecule has 0 heterocycles. The molecule has 1 saturated carbocycles. The first-order valence-electron chi connectivity index (χ1n) is 6.46. The van der Waals surface area contributed by atoms with Crippen molar-refractivity contribution in [2.45, 2.75) is 17.7 Å². The second-order valence-electron chi connectivity index (χ2n) is 4.85. The normalized spacial score (nSPS) is 14.8. The Kier molecular flexibility index (Phi) is 5.22. The molecule has 1 N–H and O–H groups in total. The molecule has 1 aliphatic carbocycles. The molecule has 0 unspecified atom stereocenters. The molecule has 2 rings (SSSR count). The lowest BCUT2D eigenvalue weighted by Gasteiger charge is -2.19. The van der Waals surface area contributed by atoms with Gasteiger partial charge in [0.2, 0.25) is 0 Å². The summed E-state index contributed by atoms with van der Waals surface area (Å²) in [6.07, 6.45) is 2.41. The van der Waals surface area contributed by atoms with Crippen molar-refractivity contribution in [3.05, 3.63) is 30.1 Å². The van der Waals surface area contributed by atoms with E-state index in [4.69, 9.17) is 5.11 Å². The zero-order valence-electron chi connectivity index (χ0n) is 10.7. The lowest BCUT2D eigenvalue weighted by molar-refractivity contribution is -0.138. The molecule has 0 spiro atoms. The second kappa shape index (κ2) is 6.91. The van der Waals surface area contributed by atoms with E-state index in [1.54, 1.807) is 12.1 Å². The zero-order valence-corrected chi connectivity index (χ0v) is 11.5. The fraction of sp³-hybridized carbons (Fsp3) is 0.500. The highest BCUT2D eigenvalue weighted by molar-refractivity contribution is 7.99. The van der Waals surface area contributed by atoms with Gasteiger partial charge < -0.3 is 5.11 Å². The number of nitrogens with zero attached hydrogens (tertiary/aromatic N) is 1. The van der Waals surface area contributed by atoms with Crippen molar-refractivity contribution in [1.29, 1.82) is 0 Å². The SMILES string of the molecule is O=C(O)CN(CCSc1ccccc1F)CC1CC1. The minimum atomic E-state index is -0.795. The van der Waals surface area contributed by atoms with Crippen molar-refractivity contribution in [3.63, 3.8) is 0 Å². The van der Waals surface area contributed by atoms with E-state index in [9.17, 15) is 9.18 Å². The minimum Gasteiger partial charge on any atom is -0.480 e. The fourth-order valence-electron chi connectivity index (χ4n) is 1.94. The van der Waals surface area contributed by atoms with Crippen molar-refractivity contribution in [1.82, 2.24) is 4.90 Å². The molecule has 3 nitrogen and oxygen atoms in total. The van der Waals surface area contributed by atoms with E-state index in [0.717, 1.165) is 6.54 Å². The molecule has 0 radical (unpaired) electrons. The number of benzene rings is 1. The lowest BCUT2D eigenvalue weighted by Crippen LogP contribution is -2.33. The molecule has 0 aliphatic heterocycles. The number of hydrogen-bond donors (Lipinski definition) is 1. The van der Waals surface area contributed by atoms with Crippen molar-refractivity contribution in [3.8, 4) is 0 Å². The summed E-state index contributed by atoms with van der Waals surface area (Å²) in [5.41, 5.74) is 0. The van der Waals surface area contributed by atoms with Gasteiger partial charge in [0.15, 0.2) is 0 Å². The summed E-state index contributed by atoms with van der Waals surface area (Å²) in [5.74, 6) is 0.370. The van der Waals surface area contributed by atoms with Crippen LogP contribution in [0.5, 0.6) is 0 Å². The Bertz CT molecular complexity index is 437. The van der Waals surface area contributed by atoms with Gasteiger partial charge in [-0.25, -0.2) is 4.39 Å². The number of halogens is 1. The summed E-state index contributed by atoms with van der Waals surface area (Å²) in [6, 6.07) is 6.68. The highest BCUT2D eigenvalue weighted by Crippen LogP contribution is 2.30. The van der Waals surface area contributed by atoms with Gasteiger partial charge in [0, 0.05) is 23.7 Å². The van der Waals surface area contributed by atoms with Gasteiger partial charge in [-0.05, 0) is 30.9 Å². The molecule has 19 heavy (non-hydrogen) atoms. The number of thioether (sulfide) groups is 1. The van der Waals surface area contributed by atoms with Crippen molar-refractivity contribution < 1.29 is 14.3 Å². The summed E-state index contributed by atoms with van der Waals surface area (Å²) in [4.78, 5) is 13.4. The fourth-order valence-corrected chi connectivity index (χ4v) is 2.89. The first kappa shape index (κ1) is 14.3. The van der Waals surface area contributed by atoms with E-state index >= 15 is 0 Å². The summed E-state index contributed by atoms with van der Waals surface area (Å²) >= 11 is 1.44. The van der Waals surface area contributed by atoms with Crippen molar-refractivity contribution in [2.75, 3.05) is 25.4 Å². The van der Waals surface area contributed by atoms with Gasteiger partial charge >= 0.3 is 5.97 Å². The van der Waals surface area contributed by atoms with Crippen LogP contribution in [-0.4, -0.2) is 41.4 Å². The number of rotatable bonds is 8. The zero-order chi connectivity index (χ0) is 13.7. The predicted octanol–water partition coefficient (Wildman–Crippen LogP) is 2.71. The smallest absolute Gasteiger partial charge is 0.317 e. The predicted molar refractivity (Wildman–Crippen MR) is 73.9 cm³/mol. The molecular formula is C14H18FNO2S. The number of carboxylic acid groups (broad SMARTS) is 1. The van der Waals surface area contributed by atoms with Crippen LogP contribution >= 0.6 is 11.8 Å². The first-order chi connectivity index (χ1) is 9.15. The highest BCUT2D eigenvalue weighted by atomic mass is 32.2. The Morgan fingerprint density at radius 2 is 2.16 bits per heavy atom. The van der Waals surface area contributed by atoms with E-state index in [-0.39, 0.29) is 12.4 Å². The molecule has 0 amide bonds. The maximum Gasteiger partial charge on any atom is 0.317 e. The number of hydrogen-bond acceptors (Lipinski definition) is 3. The minimum absolute atomic E-state index is 0.0777. The number of aliphatic carboxylic acids is 1. The standard InChI is InChI=1S/C14H18FNO2S/c15-12-3-1-2-4-13(12)19-8-7-16(10-14(17)18)9-11-5-6-11/h1-4,11H,5-10H2,(H,17,18). The Labute approximate surface area is 116 Å². The van der Waals surface area contributed by atoms with Crippen LogP contribution in [0.4, 0.5) is 4.39 Å². The van der Waals surface area contributed by atoms with Crippen LogP contribution in [0.15, 0.2) is 29.2 Å². The molecule has 5 heteroatoms. The molecule has 0 atom stereocenters. The number of carboxylic acids is 1. The van der Waals surface area contributed by atoms with Crippen LogP contribution in [-0.2, 0) is 4.79 Å². The van der Waals surface area contributed by atoms with E-state index in [2.05, 4.69) is 0 Å².